The molecule has 0 aliphatic carbocycles. The lowest BCUT2D eigenvalue weighted by molar-refractivity contribution is -0.0511. The maximum absolute atomic E-state index is 11.5. The number of aromatic nitrogens is 4. The molecule has 2 aromatic heterocycles. The molecule has 3 rings (SSSR count). The molecule has 2 aromatic rings. The average molecular weight is 268 g/mol. The summed E-state index contributed by atoms with van der Waals surface area (Å²) in [6.45, 7) is -0.421. The summed E-state index contributed by atoms with van der Waals surface area (Å²) in [5.41, 5.74) is -0.0608. The van der Waals surface area contributed by atoms with E-state index in [4.69, 9.17) is 9.84 Å². The van der Waals surface area contributed by atoms with E-state index in [9.17, 15) is 15.0 Å². The van der Waals surface area contributed by atoms with Crippen molar-refractivity contribution in [3.8, 4) is 0 Å². The van der Waals surface area contributed by atoms with Crippen LogP contribution in [0.5, 0.6) is 0 Å². The van der Waals surface area contributed by atoms with Crippen LogP contribution in [0.1, 0.15) is 6.23 Å². The smallest absolute Gasteiger partial charge is 0.278 e. The lowest BCUT2D eigenvalue weighted by Gasteiger charge is -2.16. The Balaban J connectivity index is 2.06. The van der Waals surface area contributed by atoms with Crippen molar-refractivity contribution in [2.45, 2.75) is 24.5 Å². The molecule has 3 heterocycles. The molecular formula is C10H12N4O5. The third kappa shape index (κ3) is 1.75. The van der Waals surface area contributed by atoms with E-state index in [1.807, 2.05) is 0 Å². The van der Waals surface area contributed by atoms with E-state index in [1.54, 1.807) is 0 Å². The Morgan fingerprint density at radius 3 is 2.84 bits per heavy atom. The molecular weight excluding hydrogens is 256 g/mol. The number of fused-ring (bicyclic) bond motifs is 1. The fraction of sp³-hybridized carbons (Fsp3) is 0.500. The number of aromatic amines is 1. The van der Waals surface area contributed by atoms with Crippen LogP contribution in [0.2, 0.25) is 0 Å². The largest absolute Gasteiger partial charge is 0.394 e. The van der Waals surface area contributed by atoms with E-state index in [0.29, 0.717) is 0 Å². The number of ether oxygens (including phenoxy) is 1. The highest BCUT2D eigenvalue weighted by atomic mass is 16.6. The van der Waals surface area contributed by atoms with Gasteiger partial charge in [0.2, 0.25) is 0 Å². The van der Waals surface area contributed by atoms with E-state index < -0.39 is 36.7 Å². The number of nitrogens with one attached hydrogen (secondary N) is 1. The zero-order valence-corrected chi connectivity index (χ0v) is 9.67. The van der Waals surface area contributed by atoms with Gasteiger partial charge in [-0.3, -0.25) is 9.36 Å². The zero-order chi connectivity index (χ0) is 13.6. The monoisotopic (exact) mass is 268 g/mol. The second-order valence-corrected chi connectivity index (χ2v) is 4.28. The number of aliphatic hydroxyl groups excluding tert-OH is 3. The molecule has 9 heteroatoms. The molecule has 1 fully saturated rings. The van der Waals surface area contributed by atoms with E-state index in [2.05, 4.69) is 15.0 Å². The fourth-order valence-electron chi connectivity index (χ4n) is 2.16. The molecule has 1 aliphatic rings. The maximum atomic E-state index is 11.5. The van der Waals surface area contributed by atoms with Gasteiger partial charge in [-0.1, -0.05) is 0 Å². The number of H-pyrrole nitrogens is 1. The summed E-state index contributed by atoms with van der Waals surface area (Å²) in [5, 5.41) is 28.6. The van der Waals surface area contributed by atoms with Crippen LogP contribution in [0.25, 0.3) is 11.2 Å². The lowest BCUT2D eigenvalue weighted by atomic mass is 10.1. The number of nitrogens with zero attached hydrogens (tertiary/aromatic N) is 3. The Kier molecular flexibility index (Phi) is 2.82. The third-order valence-corrected chi connectivity index (χ3v) is 3.16. The van der Waals surface area contributed by atoms with Crippen molar-refractivity contribution in [3.63, 3.8) is 0 Å². The summed E-state index contributed by atoms with van der Waals surface area (Å²) in [7, 11) is 0. The van der Waals surface area contributed by atoms with Gasteiger partial charge >= 0.3 is 0 Å². The molecule has 0 unspecified atom stereocenters. The minimum Gasteiger partial charge on any atom is -0.394 e. The standard InChI is InChI=1S/C10H12N4O5/c15-1-4-6(16)7(17)10(19-4)14-3-13-5-8(14)11-2-12-9(5)18/h2-4,6-7,10,15-17H,1H2,(H,11,12,18)/t4-,6+,7-,10+/m0/s1. The summed E-state index contributed by atoms with van der Waals surface area (Å²) in [4.78, 5) is 21.8. The molecule has 1 saturated heterocycles. The summed E-state index contributed by atoms with van der Waals surface area (Å²) in [5.74, 6) is 0. The maximum Gasteiger partial charge on any atom is 0.278 e. The van der Waals surface area contributed by atoms with Crippen molar-refractivity contribution < 1.29 is 20.1 Å². The van der Waals surface area contributed by atoms with Crippen LogP contribution in [0.3, 0.4) is 0 Å². The molecule has 19 heavy (non-hydrogen) atoms. The van der Waals surface area contributed by atoms with Crippen LogP contribution in [0.4, 0.5) is 0 Å². The third-order valence-electron chi connectivity index (χ3n) is 3.16. The number of hydrogen-bond donors (Lipinski definition) is 4. The Morgan fingerprint density at radius 2 is 2.16 bits per heavy atom. The highest BCUT2D eigenvalue weighted by Gasteiger charge is 2.43. The van der Waals surface area contributed by atoms with Crippen molar-refractivity contribution in [3.05, 3.63) is 23.0 Å². The van der Waals surface area contributed by atoms with Gasteiger partial charge in [0.05, 0.1) is 19.3 Å². The first-order chi connectivity index (χ1) is 9.13. The van der Waals surface area contributed by atoms with Crippen molar-refractivity contribution >= 4 is 11.2 Å². The van der Waals surface area contributed by atoms with Crippen LogP contribution < -0.4 is 5.56 Å². The first kappa shape index (κ1) is 12.2. The molecule has 0 saturated carbocycles. The molecule has 1 aliphatic heterocycles. The highest BCUT2D eigenvalue weighted by molar-refractivity contribution is 5.68. The second-order valence-electron chi connectivity index (χ2n) is 4.28. The van der Waals surface area contributed by atoms with Crippen molar-refractivity contribution in [2.75, 3.05) is 6.61 Å². The van der Waals surface area contributed by atoms with Crippen LogP contribution in [0.15, 0.2) is 17.4 Å². The van der Waals surface area contributed by atoms with Crippen LogP contribution in [0, 0.1) is 0 Å². The Hall–Kier alpha value is -1.81. The van der Waals surface area contributed by atoms with E-state index >= 15 is 0 Å². The van der Waals surface area contributed by atoms with Gasteiger partial charge in [0.1, 0.15) is 18.3 Å². The van der Waals surface area contributed by atoms with E-state index in [-0.39, 0.29) is 11.2 Å². The van der Waals surface area contributed by atoms with Crippen molar-refractivity contribution in [1.29, 1.82) is 0 Å². The molecule has 9 nitrogen and oxygen atoms in total. The Morgan fingerprint density at radius 1 is 1.37 bits per heavy atom. The van der Waals surface area contributed by atoms with Crippen LogP contribution in [-0.4, -0.2) is 59.8 Å². The molecule has 4 N–H and O–H groups in total. The first-order valence-corrected chi connectivity index (χ1v) is 5.66. The first-order valence-electron chi connectivity index (χ1n) is 5.66. The number of rotatable bonds is 2. The van der Waals surface area contributed by atoms with E-state index in [0.717, 1.165) is 0 Å². The molecule has 4 atom stereocenters. The normalized spacial score (nSPS) is 31.1. The highest BCUT2D eigenvalue weighted by Crippen LogP contribution is 2.30. The number of aliphatic hydroxyl groups is 3. The van der Waals surface area contributed by atoms with Crippen LogP contribution in [-0.2, 0) is 4.74 Å². The summed E-state index contributed by atoms with van der Waals surface area (Å²) >= 11 is 0. The number of imidazole rings is 1. The zero-order valence-electron chi connectivity index (χ0n) is 9.67. The van der Waals surface area contributed by atoms with Gasteiger partial charge in [0.15, 0.2) is 17.4 Å². The van der Waals surface area contributed by atoms with Crippen LogP contribution >= 0.6 is 0 Å². The van der Waals surface area contributed by atoms with Gasteiger partial charge in [-0.15, -0.1) is 0 Å². The Labute approximate surface area is 106 Å². The summed E-state index contributed by atoms with van der Waals surface area (Å²) in [6, 6.07) is 0. The van der Waals surface area contributed by atoms with Gasteiger partial charge in [0.25, 0.3) is 5.56 Å². The van der Waals surface area contributed by atoms with Gasteiger partial charge in [-0.25, -0.2) is 9.97 Å². The molecule has 0 amide bonds. The summed E-state index contributed by atoms with van der Waals surface area (Å²) in [6.07, 6.45) is -1.78. The topological polar surface area (TPSA) is 133 Å². The number of hydrogen-bond acceptors (Lipinski definition) is 7. The predicted octanol–water partition coefficient (Wildman–Crippen LogP) is -2.27. The van der Waals surface area contributed by atoms with Gasteiger partial charge in [-0.2, -0.15) is 0 Å². The molecule has 102 valence electrons. The molecule has 0 spiro atoms. The van der Waals surface area contributed by atoms with Crippen molar-refractivity contribution in [2.24, 2.45) is 0 Å². The molecule has 0 radical (unpaired) electrons. The minimum atomic E-state index is -1.24. The average Bonchev–Trinajstić information content (AvgIpc) is 2.94. The quantitative estimate of drug-likeness (QED) is 0.482. The fourth-order valence-corrected chi connectivity index (χ4v) is 2.16. The Bertz CT molecular complexity index is 653. The van der Waals surface area contributed by atoms with Gasteiger partial charge in [-0.05, 0) is 0 Å². The van der Waals surface area contributed by atoms with Gasteiger partial charge < -0.3 is 25.0 Å². The van der Waals surface area contributed by atoms with Crippen molar-refractivity contribution in [1.82, 2.24) is 19.5 Å². The molecule has 0 bridgehead atoms. The minimum absolute atomic E-state index is 0.111. The van der Waals surface area contributed by atoms with E-state index in [1.165, 1.54) is 17.2 Å². The predicted molar refractivity (Wildman–Crippen MR) is 61.2 cm³/mol. The second kappa shape index (κ2) is 4.38. The molecule has 0 aromatic carbocycles. The summed E-state index contributed by atoms with van der Waals surface area (Å²) < 4.78 is 6.70. The SMILES string of the molecule is O=c1[nH]cnc2c1ncn2[C@@H]1O[C@@H](CO)[C@@H](O)[C@@H]1O. The lowest BCUT2D eigenvalue weighted by Crippen LogP contribution is -2.33. The van der Waals surface area contributed by atoms with Gasteiger partial charge in [0, 0.05) is 0 Å².